The van der Waals surface area contributed by atoms with Crippen molar-refractivity contribution in [2.45, 2.75) is 39.5 Å². The molecule has 1 aliphatic carbocycles. The second-order valence-electron chi connectivity index (χ2n) is 3.57. The van der Waals surface area contributed by atoms with E-state index < -0.39 is 0 Å². The fourth-order valence-electron chi connectivity index (χ4n) is 1.69. The maximum atomic E-state index is 11.3. The Bertz CT molecular complexity index is 198. The highest BCUT2D eigenvalue weighted by atomic mass is 16.5. The molecule has 1 unspecified atom stereocenters. The van der Waals surface area contributed by atoms with Crippen molar-refractivity contribution in [1.82, 2.24) is 0 Å². The summed E-state index contributed by atoms with van der Waals surface area (Å²) >= 11 is 0. The predicted molar refractivity (Wildman–Crippen MR) is 52.3 cm³/mol. The van der Waals surface area contributed by atoms with Gasteiger partial charge in [0.05, 0.1) is 12.5 Å². The lowest BCUT2D eigenvalue weighted by Crippen LogP contribution is -2.12. The topological polar surface area (TPSA) is 26.3 Å². The number of ether oxygens (including phenoxy) is 1. The van der Waals surface area contributed by atoms with E-state index in [1.807, 2.05) is 13.8 Å². The Labute approximate surface area is 80.0 Å². The lowest BCUT2D eigenvalue weighted by atomic mass is 10.1. The van der Waals surface area contributed by atoms with E-state index in [1.165, 1.54) is 31.3 Å². The highest BCUT2D eigenvalue weighted by Crippen LogP contribution is 2.25. The van der Waals surface area contributed by atoms with Gasteiger partial charge in [-0.25, -0.2) is 0 Å². The van der Waals surface area contributed by atoms with Gasteiger partial charge in [-0.05, 0) is 39.5 Å². The lowest BCUT2D eigenvalue weighted by Gasteiger charge is -2.06. The van der Waals surface area contributed by atoms with Crippen molar-refractivity contribution in [1.29, 1.82) is 0 Å². The van der Waals surface area contributed by atoms with Crippen molar-refractivity contribution in [3.05, 3.63) is 11.6 Å². The SMILES string of the molecule is CCOC(=O)C(C)C=C1CCCC1. The van der Waals surface area contributed by atoms with Crippen LogP contribution in [0.2, 0.25) is 0 Å². The Morgan fingerprint density at radius 3 is 2.69 bits per heavy atom. The Kier molecular flexibility index (Phi) is 4.00. The standard InChI is InChI=1S/C11H18O2/c1-3-13-11(12)9(2)8-10-6-4-5-7-10/h8-9H,3-7H2,1-2H3. The van der Waals surface area contributed by atoms with E-state index in [4.69, 9.17) is 4.74 Å². The molecule has 0 radical (unpaired) electrons. The van der Waals surface area contributed by atoms with E-state index in [9.17, 15) is 4.79 Å². The molecule has 0 N–H and O–H groups in total. The molecular weight excluding hydrogens is 164 g/mol. The van der Waals surface area contributed by atoms with Gasteiger partial charge in [-0.15, -0.1) is 0 Å². The van der Waals surface area contributed by atoms with Crippen molar-refractivity contribution in [2.24, 2.45) is 5.92 Å². The van der Waals surface area contributed by atoms with Crippen molar-refractivity contribution in [3.8, 4) is 0 Å². The van der Waals surface area contributed by atoms with Crippen LogP contribution < -0.4 is 0 Å². The molecule has 0 spiro atoms. The first-order valence-corrected chi connectivity index (χ1v) is 5.10. The molecule has 0 bridgehead atoms. The molecule has 1 aliphatic rings. The number of carbonyl (C=O) groups excluding carboxylic acids is 1. The maximum Gasteiger partial charge on any atom is 0.312 e. The van der Waals surface area contributed by atoms with Gasteiger partial charge in [0, 0.05) is 0 Å². The van der Waals surface area contributed by atoms with Crippen LogP contribution in [-0.4, -0.2) is 12.6 Å². The zero-order valence-corrected chi connectivity index (χ0v) is 8.51. The minimum atomic E-state index is -0.0955. The third-order valence-electron chi connectivity index (χ3n) is 2.39. The van der Waals surface area contributed by atoms with Crippen LogP contribution in [-0.2, 0) is 9.53 Å². The number of allylic oxidation sites excluding steroid dienone is 1. The summed E-state index contributed by atoms with van der Waals surface area (Å²) in [6.07, 6.45) is 6.97. The number of hydrogen-bond acceptors (Lipinski definition) is 2. The van der Waals surface area contributed by atoms with Gasteiger partial charge in [0.1, 0.15) is 0 Å². The first-order valence-electron chi connectivity index (χ1n) is 5.10. The van der Waals surface area contributed by atoms with Crippen LogP contribution in [0.5, 0.6) is 0 Å². The summed E-state index contributed by atoms with van der Waals surface area (Å²) < 4.78 is 4.93. The summed E-state index contributed by atoms with van der Waals surface area (Å²) in [7, 11) is 0. The van der Waals surface area contributed by atoms with E-state index in [0.29, 0.717) is 6.61 Å². The Hall–Kier alpha value is -0.790. The third kappa shape index (κ3) is 3.21. The molecule has 0 aliphatic heterocycles. The van der Waals surface area contributed by atoms with Gasteiger partial charge in [0.15, 0.2) is 0 Å². The minimum absolute atomic E-state index is 0.0620. The molecule has 1 rings (SSSR count). The second-order valence-corrected chi connectivity index (χ2v) is 3.57. The molecule has 1 saturated carbocycles. The predicted octanol–water partition coefficient (Wildman–Crippen LogP) is 2.69. The van der Waals surface area contributed by atoms with Crippen molar-refractivity contribution < 1.29 is 9.53 Å². The molecular formula is C11H18O2. The summed E-state index contributed by atoms with van der Waals surface area (Å²) in [5, 5.41) is 0. The van der Waals surface area contributed by atoms with Gasteiger partial charge in [0.2, 0.25) is 0 Å². The quantitative estimate of drug-likeness (QED) is 0.495. The van der Waals surface area contributed by atoms with Crippen LogP contribution in [0.4, 0.5) is 0 Å². The first-order chi connectivity index (χ1) is 6.24. The molecule has 2 heteroatoms. The maximum absolute atomic E-state index is 11.3. The second kappa shape index (κ2) is 5.05. The van der Waals surface area contributed by atoms with Gasteiger partial charge < -0.3 is 4.74 Å². The lowest BCUT2D eigenvalue weighted by molar-refractivity contribution is -0.145. The van der Waals surface area contributed by atoms with Gasteiger partial charge in [-0.1, -0.05) is 11.6 Å². The molecule has 0 aromatic rings. The van der Waals surface area contributed by atoms with E-state index in [0.717, 1.165) is 0 Å². The zero-order valence-electron chi connectivity index (χ0n) is 8.51. The molecule has 13 heavy (non-hydrogen) atoms. The molecule has 0 amide bonds. The van der Waals surface area contributed by atoms with Crippen molar-refractivity contribution in [3.63, 3.8) is 0 Å². The van der Waals surface area contributed by atoms with E-state index in [1.54, 1.807) is 0 Å². The van der Waals surface area contributed by atoms with Crippen LogP contribution >= 0.6 is 0 Å². The summed E-state index contributed by atoms with van der Waals surface area (Å²) in [4.78, 5) is 11.3. The summed E-state index contributed by atoms with van der Waals surface area (Å²) in [6.45, 7) is 4.23. The number of hydrogen-bond donors (Lipinski definition) is 0. The normalized spacial score (nSPS) is 18.5. The molecule has 2 nitrogen and oxygen atoms in total. The van der Waals surface area contributed by atoms with Crippen molar-refractivity contribution in [2.75, 3.05) is 6.61 Å². The molecule has 0 saturated heterocycles. The Morgan fingerprint density at radius 1 is 1.54 bits per heavy atom. The van der Waals surface area contributed by atoms with E-state index in [2.05, 4.69) is 6.08 Å². The van der Waals surface area contributed by atoms with E-state index in [-0.39, 0.29) is 11.9 Å². The number of esters is 1. The number of carbonyl (C=O) groups is 1. The average Bonchev–Trinajstić information content (AvgIpc) is 2.57. The Morgan fingerprint density at radius 2 is 2.15 bits per heavy atom. The van der Waals surface area contributed by atoms with Crippen LogP contribution in [0.15, 0.2) is 11.6 Å². The fraction of sp³-hybridized carbons (Fsp3) is 0.727. The first kappa shape index (κ1) is 10.3. The highest BCUT2D eigenvalue weighted by Gasteiger charge is 2.14. The van der Waals surface area contributed by atoms with Crippen LogP contribution in [0, 0.1) is 5.92 Å². The van der Waals surface area contributed by atoms with Crippen LogP contribution in [0.25, 0.3) is 0 Å². The minimum Gasteiger partial charge on any atom is -0.466 e. The smallest absolute Gasteiger partial charge is 0.312 e. The van der Waals surface area contributed by atoms with E-state index >= 15 is 0 Å². The van der Waals surface area contributed by atoms with Gasteiger partial charge in [0.25, 0.3) is 0 Å². The Balaban J connectivity index is 2.42. The van der Waals surface area contributed by atoms with Crippen molar-refractivity contribution >= 4 is 5.97 Å². The summed E-state index contributed by atoms with van der Waals surface area (Å²) in [5.41, 5.74) is 1.43. The van der Waals surface area contributed by atoms with Gasteiger partial charge in [-0.3, -0.25) is 4.79 Å². The largest absolute Gasteiger partial charge is 0.466 e. The third-order valence-corrected chi connectivity index (χ3v) is 2.39. The van der Waals surface area contributed by atoms with Crippen LogP contribution in [0.1, 0.15) is 39.5 Å². The summed E-state index contributed by atoms with van der Waals surface area (Å²) in [6, 6.07) is 0. The monoisotopic (exact) mass is 182 g/mol. The van der Waals surface area contributed by atoms with Gasteiger partial charge in [-0.2, -0.15) is 0 Å². The molecule has 1 fully saturated rings. The molecule has 0 aromatic heterocycles. The zero-order chi connectivity index (χ0) is 9.68. The molecule has 0 heterocycles. The highest BCUT2D eigenvalue weighted by molar-refractivity contribution is 5.74. The fourth-order valence-corrected chi connectivity index (χ4v) is 1.69. The van der Waals surface area contributed by atoms with Gasteiger partial charge >= 0.3 is 5.97 Å². The summed E-state index contributed by atoms with van der Waals surface area (Å²) in [5.74, 6) is -0.157. The molecule has 1 atom stereocenters. The molecule has 0 aromatic carbocycles. The molecule has 74 valence electrons. The van der Waals surface area contributed by atoms with Crippen LogP contribution in [0.3, 0.4) is 0 Å². The average molecular weight is 182 g/mol. The number of rotatable bonds is 3.